The molecule has 0 aromatic carbocycles. The van der Waals surface area contributed by atoms with Crippen molar-refractivity contribution < 1.29 is 9.53 Å². The molecule has 3 nitrogen and oxygen atoms in total. The first kappa shape index (κ1) is 9.75. The third kappa shape index (κ3) is 5.88. The quantitative estimate of drug-likeness (QED) is 0.717. The number of hydrogen-bond acceptors (Lipinski definition) is 2. The molecular formula is C6H12BrNO2. The van der Waals surface area contributed by atoms with E-state index in [0.717, 1.165) is 5.33 Å². The van der Waals surface area contributed by atoms with Gasteiger partial charge in [-0.25, -0.2) is 4.79 Å². The molecule has 1 amide bonds. The highest BCUT2D eigenvalue weighted by atomic mass is 79.9. The molecule has 0 saturated carbocycles. The summed E-state index contributed by atoms with van der Waals surface area (Å²) < 4.78 is 4.78. The van der Waals surface area contributed by atoms with Crippen LogP contribution in [-0.2, 0) is 4.74 Å². The molecule has 0 aliphatic rings. The Hall–Kier alpha value is -0.250. The van der Waals surface area contributed by atoms with E-state index in [0.29, 0.717) is 6.54 Å². The van der Waals surface area contributed by atoms with Gasteiger partial charge in [0.05, 0.1) is 6.10 Å². The lowest BCUT2D eigenvalue weighted by molar-refractivity contribution is 0.116. The fraction of sp³-hybridized carbons (Fsp3) is 0.833. The zero-order valence-electron chi connectivity index (χ0n) is 6.19. The van der Waals surface area contributed by atoms with Crippen LogP contribution in [0.25, 0.3) is 0 Å². The molecule has 0 aliphatic carbocycles. The van der Waals surface area contributed by atoms with Crippen LogP contribution in [0, 0.1) is 0 Å². The first-order valence-electron chi connectivity index (χ1n) is 3.17. The number of hydrogen-bond donors (Lipinski definition) is 1. The van der Waals surface area contributed by atoms with E-state index in [1.807, 2.05) is 13.8 Å². The predicted octanol–water partition coefficient (Wildman–Crippen LogP) is 1.52. The van der Waals surface area contributed by atoms with Gasteiger partial charge in [-0.2, -0.15) is 0 Å². The van der Waals surface area contributed by atoms with E-state index >= 15 is 0 Å². The van der Waals surface area contributed by atoms with E-state index in [2.05, 4.69) is 21.2 Å². The third-order valence-electron chi connectivity index (χ3n) is 0.707. The monoisotopic (exact) mass is 209 g/mol. The lowest BCUT2D eigenvalue weighted by Crippen LogP contribution is -2.28. The van der Waals surface area contributed by atoms with Crippen LogP contribution in [0.2, 0.25) is 0 Å². The van der Waals surface area contributed by atoms with Crippen LogP contribution in [0.3, 0.4) is 0 Å². The van der Waals surface area contributed by atoms with Crippen molar-refractivity contribution in [1.82, 2.24) is 5.32 Å². The van der Waals surface area contributed by atoms with Crippen molar-refractivity contribution in [3.63, 3.8) is 0 Å². The maximum Gasteiger partial charge on any atom is 0.407 e. The van der Waals surface area contributed by atoms with Gasteiger partial charge in [0, 0.05) is 11.9 Å². The van der Waals surface area contributed by atoms with E-state index < -0.39 is 0 Å². The van der Waals surface area contributed by atoms with Gasteiger partial charge >= 0.3 is 6.09 Å². The van der Waals surface area contributed by atoms with E-state index in [-0.39, 0.29) is 12.2 Å². The molecule has 0 unspecified atom stereocenters. The lowest BCUT2D eigenvalue weighted by atomic mass is 10.5. The first-order valence-corrected chi connectivity index (χ1v) is 4.29. The Morgan fingerprint density at radius 1 is 1.70 bits per heavy atom. The number of alkyl carbamates (subject to hydrolysis) is 1. The number of carbonyl (C=O) groups excluding carboxylic acids is 1. The minimum absolute atomic E-state index is 0.0460. The van der Waals surface area contributed by atoms with Crippen molar-refractivity contribution in [2.45, 2.75) is 20.0 Å². The van der Waals surface area contributed by atoms with Crippen LogP contribution in [0.15, 0.2) is 0 Å². The Kier molecular flexibility index (Phi) is 5.39. The number of nitrogens with one attached hydrogen (secondary N) is 1. The first-order chi connectivity index (χ1) is 4.66. The highest BCUT2D eigenvalue weighted by Gasteiger charge is 2.01. The van der Waals surface area contributed by atoms with Crippen LogP contribution in [0.4, 0.5) is 4.79 Å². The molecule has 0 aromatic heterocycles. The van der Waals surface area contributed by atoms with Gasteiger partial charge in [0.1, 0.15) is 0 Å². The standard InChI is InChI=1S/C6H12BrNO2/c1-5(2)10-6(9)8-4-3-7/h5H,3-4H2,1-2H3,(H,8,9). The van der Waals surface area contributed by atoms with Crippen LogP contribution in [0.5, 0.6) is 0 Å². The zero-order chi connectivity index (χ0) is 7.98. The number of halogens is 1. The van der Waals surface area contributed by atoms with E-state index in [4.69, 9.17) is 4.74 Å². The predicted molar refractivity (Wildman–Crippen MR) is 43.4 cm³/mol. The SMILES string of the molecule is CC(C)OC(=O)NCCBr. The molecule has 0 atom stereocenters. The summed E-state index contributed by atoms with van der Waals surface area (Å²) in [7, 11) is 0. The van der Waals surface area contributed by atoms with Gasteiger partial charge in [-0.15, -0.1) is 0 Å². The summed E-state index contributed by atoms with van der Waals surface area (Å²) in [6.07, 6.45) is -0.398. The van der Waals surface area contributed by atoms with E-state index in [1.54, 1.807) is 0 Å². The molecule has 1 N–H and O–H groups in total. The van der Waals surface area contributed by atoms with Gasteiger partial charge in [-0.1, -0.05) is 15.9 Å². The van der Waals surface area contributed by atoms with Gasteiger partial charge in [0.25, 0.3) is 0 Å². The van der Waals surface area contributed by atoms with Gasteiger partial charge in [-0.05, 0) is 13.8 Å². The second-order valence-electron chi connectivity index (χ2n) is 2.07. The molecule has 0 radical (unpaired) electrons. The molecule has 0 fully saturated rings. The minimum atomic E-state index is -0.352. The van der Waals surface area contributed by atoms with Crippen molar-refractivity contribution in [3.8, 4) is 0 Å². The number of carbonyl (C=O) groups is 1. The molecule has 10 heavy (non-hydrogen) atoms. The minimum Gasteiger partial charge on any atom is -0.447 e. The molecule has 0 spiro atoms. The molecule has 0 rings (SSSR count). The Morgan fingerprint density at radius 3 is 2.70 bits per heavy atom. The summed E-state index contributed by atoms with van der Waals surface area (Å²) in [6, 6.07) is 0. The molecule has 0 aromatic rings. The highest BCUT2D eigenvalue weighted by molar-refractivity contribution is 9.09. The van der Waals surface area contributed by atoms with Crippen molar-refractivity contribution in [2.24, 2.45) is 0 Å². The summed E-state index contributed by atoms with van der Waals surface area (Å²) in [4.78, 5) is 10.7. The molecule has 60 valence electrons. The van der Waals surface area contributed by atoms with Crippen molar-refractivity contribution in [3.05, 3.63) is 0 Å². The van der Waals surface area contributed by atoms with Gasteiger partial charge in [-0.3, -0.25) is 0 Å². The van der Waals surface area contributed by atoms with Crippen molar-refractivity contribution in [1.29, 1.82) is 0 Å². The van der Waals surface area contributed by atoms with E-state index in [1.165, 1.54) is 0 Å². The van der Waals surface area contributed by atoms with Gasteiger partial charge in [0.2, 0.25) is 0 Å². The Bertz CT molecular complexity index is 106. The Labute approximate surface area is 69.3 Å². The normalized spacial score (nSPS) is 9.60. The second-order valence-corrected chi connectivity index (χ2v) is 2.86. The molecule has 0 heterocycles. The van der Waals surface area contributed by atoms with Gasteiger partial charge in [0.15, 0.2) is 0 Å². The number of ether oxygens (including phenoxy) is 1. The maximum atomic E-state index is 10.7. The topological polar surface area (TPSA) is 38.3 Å². The number of amides is 1. The van der Waals surface area contributed by atoms with Crippen molar-refractivity contribution >= 4 is 22.0 Å². The highest BCUT2D eigenvalue weighted by Crippen LogP contribution is 1.87. The number of rotatable bonds is 3. The summed E-state index contributed by atoms with van der Waals surface area (Å²) in [5.41, 5.74) is 0. The largest absolute Gasteiger partial charge is 0.447 e. The molecular weight excluding hydrogens is 198 g/mol. The summed E-state index contributed by atoms with van der Waals surface area (Å²) in [5, 5.41) is 3.31. The average molecular weight is 210 g/mol. The second kappa shape index (κ2) is 5.53. The molecule has 0 saturated heterocycles. The summed E-state index contributed by atoms with van der Waals surface area (Å²) in [5.74, 6) is 0. The number of alkyl halides is 1. The van der Waals surface area contributed by atoms with Crippen LogP contribution in [-0.4, -0.2) is 24.1 Å². The van der Waals surface area contributed by atoms with Gasteiger partial charge < -0.3 is 10.1 Å². The fourth-order valence-corrected chi connectivity index (χ4v) is 0.603. The van der Waals surface area contributed by atoms with Crippen LogP contribution < -0.4 is 5.32 Å². The average Bonchev–Trinajstić information content (AvgIpc) is 1.82. The molecule has 4 heteroatoms. The fourth-order valence-electron chi connectivity index (χ4n) is 0.405. The summed E-state index contributed by atoms with van der Waals surface area (Å²) >= 11 is 3.17. The molecule has 0 aliphatic heterocycles. The Balaban J connectivity index is 3.26. The smallest absolute Gasteiger partial charge is 0.407 e. The molecule has 0 bridgehead atoms. The lowest BCUT2D eigenvalue weighted by Gasteiger charge is -2.07. The third-order valence-corrected chi connectivity index (χ3v) is 1.10. The van der Waals surface area contributed by atoms with Crippen molar-refractivity contribution in [2.75, 3.05) is 11.9 Å². The Morgan fingerprint density at radius 2 is 2.30 bits per heavy atom. The maximum absolute atomic E-state index is 10.7. The summed E-state index contributed by atoms with van der Waals surface area (Å²) in [6.45, 7) is 4.23. The van der Waals surface area contributed by atoms with Crippen LogP contribution in [0.1, 0.15) is 13.8 Å². The van der Waals surface area contributed by atoms with E-state index in [9.17, 15) is 4.79 Å². The zero-order valence-corrected chi connectivity index (χ0v) is 7.77. The van der Waals surface area contributed by atoms with Crippen LogP contribution >= 0.6 is 15.9 Å².